The van der Waals surface area contributed by atoms with Crippen LogP contribution in [0.25, 0.3) is 0 Å². The Balaban J connectivity index is 2.99. The average molecular weight is 236 g/mol. The topological polar surface area (TPSA) is 28.7 Å². The van der Waals surface area contributed by atoms with Crippen LogP contribution in [0.3, 0.4) is 0 Å². The van der Waals surface area contributed by atoms with Crippen LogP contribution in [0.2, 0.25) is 0 Å². The zero-order valence-electron chi connectivity index (χ0n) is 12.4. The SMILES string of the molecule is CCCC(C)(C)c1ncc(C(C)(CC)CC)[nH]1. The third kappa shape index (κ3) is 2.91. The zero-order chi connectivity index (χ0) is 13.1. The Morgan fingerprint density at radius 2 is 1.71 bits per heavy atom. The summed E-state index contributed by atoms with van der Waals surface area (Å²) in [6.45, 7) is 13.6. The van der Waals surface area contributed by atoms with Crippen molar-refractivity contribution in [3.8, 4) is 0 Å². The average Bonchev–Trinajstić information content (AvgIpc) is 2.78. The molecule has 0 spiro atoms. The van der Waals surface area contributed by atoms with Crippen LogP contribution in [0.4, 0.5) is 0 Å². The summed E-state index contributed by atoms with van der Waals surface area (Å²) in [4.78, 5) is 8.18. The van der Waals surface area contributed by atoms with Gasteiger partial charge >= 0.3 is 0 Å². The highest BCUT2D eigenvalue weighted by molar-refractivity contribution is 5.17. The molecule has 1 aromatic rings. The number of nitrogens with one attached hydrogen (secondary N) is 1. The summed E-state index contributed by atoms with van der Waals surface area (Å²) in [5.74, 6) is 1.14. The second-order valence-corrected chi connectivity index (χ2v) is 6.05. The van der Waals surface area contributed by atoms with E-state index < -0.39 is 0 Å². The fraction of sp³-hybridized carbons (Fsp3) is 0.800. The monoisotopic (exact) mass is 236 g/mol. The van der Waals surface area contributed by atoms with Crippen molar-refractivity contribution in [2.75, 3.05) is 0 Å². The molecule has 1 aromatic heterocycles. The number of aromatic nitrogens is 2. The Morgan fingerprint density at radius 3 is 2.18 bits per heavy atom. The maximum Gasteiger partial charge on any atom is 0.111 e. The van der Waals surface area contributed by atoms with Crippen LogP contribution in [0, 0.1) is 0 Å². The van der Waals surface area contributed by atoms with Crippen molar-refractivity contribution in [1.82, 2.24) is 9.97 Å². The van der Waals surface area contributed by atoms with Gasteiger partial charge in [-0.25, -0.2) is 4.98 Å². The van der Waals surface area contributed by atoms with E-state index in [0.717, 1.165) is 18.7 Å². The summed E-state index contributed by atoms with van der Waals surface area (Å²) in [5, 5.41) is 0. The number of imidazole rings is 1. The van der Waals surface area contributed by atoms with E-state index in [1.165, 1.54) is 18.5 Å². The number of H-pyrrole nitrogens is 1. The van der Waals surface area contributed by atoms with Crippen LogP contribution in [-0.2, 0) is 10.8 Å². The Hall–Kier alpha value is -0.790. The molecule has 1 heterocycles. The van der Waals surface area contributed by atoms with Gasteiger partial charge < -0.3 is 4.98 Å². The highest BCUT2D eigenvalue weighted by atomic mass is 14.9. The minimum absolute atomic E-state index is 0.162. The first-order chi connectivity index (χ1) is 7.89. The molecule has 0 radical (unpaired) electrons. The molecule has 98 valence electrons. The highest BCUT2D eigenvalue weighted by Crippen LogP contribution is 2.32. The number of hydrogen-bond donors (Lipinski definition) is 1. The van der Waals surface area contributed by atoms with Gasteiger partial charge in [0.05, 0.1) is 0 Å². The largest absolute Gasteiger partial charge is 0.345 e. The predicted octanol–water partition coefficient (Wildman–Crippen LogP) is 4.57. The fourth-order valence-corrected chi connectivity index (χ4v) is 2.35. The lowest BCUT2D eigenvalue weighted by Crippen LogP contribution is -2.22. The van der Waals surface area contributed by atoms with Crippen LogP contribution in [0.15, 0.2) is 6.20 Å². The molecule has 2 nitrogen and oxygen atoms in total. The van der Waals surface area contributed by atoms with Crippen molar-refractivity contribution in [1.29, 1.82) is 0 Å². The van der Waals surface area contributed by atoms with Crippen LogP contribution in [0.5, 0.6) is 0 Å². The molecule has 0 bridgehead atoms. The van der Waals surface area contributed by atoms with Gasteiger partial charge in [-0.05, 0) is 19.3 Å². The lowest BCUT2D eigenvalue weighted by Gasteiger charge is -2.26. The molecule has 0 saturated heterocycles. The van der Waals surface area contributed by atoms with Crippen LogP contribution < -0.4 is 0 Å². The third-order valence-corrected chi connectivity index (χ3v) is 4.30. The van der Waals surface area contributed by atoms with Gasteiger partial charge in [0.15, 0.2) is 0 Å². The van der Waals surface area contributed by atoms with Gasteiger partial charge in [0.1, 0.15) is 5.82 Å². The van der Waals surface area contributed by atoms with E-state index in [4.69, 9.17) is 0 Å². The molecular formula is C15H28N2. The molecule has 1 N–H and O–H groups in total. The van der Waals surface area contributed by atoms with Gasteiger partial charge in [0.2, 0.25) is 0 Å². The van der Waals surface area contributed by atoms with E-state index in [1.54, 1.807) is 0 Å². The van der Waals surface area contributed by atoms with Crippen molar-refractivity contribution in [2.24, 2.45) is 0 Å². The van der Waals surface area contributed by atoms with Gasteiger partial charge in [-0.1, -0.05) is 48.0 Å². The summed E-state index contributed by atoms with van der Waals surface area (Å²) in [6.07, 6.45) is 6.72. The molecule has 0 aromatic carbocycles. The minimum Gasteiger partial charge on any atom is -0.345 e. The lowest BCUT2D eigenvalue weighted by molar-refractivity contribution is 0.417. The van der Waals surface area contributed by atoms with Crippen molar-refractivity contribution in [3.05, 3.63) is 17.7 Å². The Bertz CT molecular complexity index is 346. The van der Waals surface area contributed by atoms with E-state index in [2.05, 4.69) is 51.5 Å². The van der Waals surface area contributed by atoms with Gasteiger partial charge in [-0.15, -0.1) is 0 Å². The van der Waals surface area contributed by atoms with Gasteiger partial charge in [-0.2, -0.15) is 0 Å². The van der Waals surface area contributed by atoms with Crippen molar-refractivity contribution < 1.29 is 0 Å². The van der Waals surface area contributed by atoms with E-state index in [-0.39, 0.29) is 10.8 Å². The molecule has 0 atom stereocenters. The molecule has 0 aliphatic rings. The molecular weight excluding hydrogens is 208 g/mol. The molecule has 0 unspecified atom stereocenters. The molecule has 0 aliphatic heterocycles. The smallest absolute Gasteiger partial charge is 0.111 e. The Kier molecular flexibility index (Phi) is 4.40. The van der Waals surface area contributed by atoms with E-state index >= 15 is 0 Å². The van der Waals surface area contributed by atoms with Gasteiger partial charge in [-0.3, -0.25) is 0 Å². The lowest BCUT2D eigenvalue weighted by atomic mass is 9.82. The standard InChI is InChI=1S/C15H28N2/c1-7-10-14(4,5)13-16-11-12(17-13)15(6,8-2)9-3/h11H,7-10H2,1-6H3,(H,16,17). The van der Waals surface area contributed by atoms with Gasteiger partial charge in [0.25, 0.3) is 0 Å². The van der Waals surface area contributed by atoms with Crippen molar-refractivity contribution in [3.63, 3.8) is 0 Å². The van der Waals surface area contributed by atoms with E-state index in [1.807, 2.05) is 6.20 Å². The summed E-state index contributed by atoms with van der Waals surface area (Å²) in [7, 11) is 0. The van der Waals surface area contributed by atoms with Crippen LogP contribution in [-0.4, -0.2) is 9.97 Å². The summed E-state index contributed by atoms with van der Waals surface area (Å²) in [5.41, 5.74) is 1.70. The molecule has 17 heavy (non-hydrogen) atoms. The Morgan fingerprint density at radius 1 is 1.12 bits per heavy atom. The summed E-state index contributed by atoms with van der Waals surface area (Å²) in [6, 6.07) is 0. The normalized spacial score (nSPS) is 13.1. The minimum atomic E-state index is 0.162. The van der Waals surface area contributed by atoms with Crippen molar-refractivity contribution >= 4 is 0 Å². The quantitative estimate of drug-likeness (QED) is 0.770. The molecule has 1 rings (SSSR count). The van der Waals surface area contributed by atoms with Gasteiger partial charge in [0, 0.05) is 22.7 Å². The molecule has 2 heteroatoms. The first-order valence-electron chi connectivity index (χ1n) is 6.95. The van der Waals surface area contributed by atoms with Crippen molar-refractivity contribution in [2.45, 2.75) is 78.1 Å². The highest BCUT2D eigenvalue weighted by Gasteiger charge is 2.28. The zero-order valence-corrected chi connectivity index (χ0v) is 12.4. The number of hydrogen-bond acceptors (Lipinski definition) is 1. The van der Waals surface area contributed by atoms with E-state index in [9.17, 15) is 0 Å². The summed E-state index contributed by atoms with van der Waals surface area (Å²) < 4.78 is 0. The van der Waals surface area contributed by atoms with Crippen LogP contribution >= 0.6 is 0 Å². The third-order valence-electron chi connectivity index (χ3n) is 4.30. The first-order valence-corrected chi connectivity index (χ1v) is 6.95. The van der Waals surface area contributed by atoms with Crippen LogP contribution in [0.1, 0.15) is 78.7 Å². The van der Waals surface area contributed by atoms with E-state index in [0.29, 0.717) is 0 Å². The Labute approximate surface area is 106 Å². The summed E-state index contributed by atoms with van der Waals surface area (Å²) >= 11 is 0. The second-order valence-electron chi connectivity index (χ2n) is 6.05. The molecule has 0 amide bonds. The first kappa shape index (κ1) is 14.3. The molecule has 0 aliphatic carbocycles. The number of nitrogens with zero attached hydrogens (tertiary/aromatic N) is 1. The number of rotatable bonds is 6. The number of aromatic amines is 1. The second kappa shape index (κ2) is 5.24. The maximum absolute atomic E-state index is 4.61. The molecule has 0 fully saturated rings. The predicted molar refractivity (Wildman–Crippen MR) is 74.5 cm³/mol. The maximum atomic E-state index is 4.61. The fourth-order valence-electron chi connectivity index (χ4n) is 2.35. The molecule has 0 saturated carbocycles.